The Morgan fingerprint density at radius 2 is 1.68 bits per heavy atom. The summed E-state index contributed by atoms with van der Waals surface area (Å²) in [6.45, 7) is 2.72. The highest BCUT2D eigenvalue weighted by molar-refractivity contribution is 6.02. The van der Waals surface area contributed by atoms with Gasteiger partial charge in [-0.15, -0.1) is 0 Å². The number of aliphatic carboxylic acids is 1. The fourth-order valence-corrected chi connectivity index (χ4v) is 3.38. The summed E-state index contributed by atoms with van der Waals surface area (Å²) in [5.74, 6) is -0.998. The Labute approximate surface area is 162 Å². The van der Waals surface area contributed by atoms with Crippen LogP contribution in [-0.2, 0) is 11.3 Å². The average molecular weight is 369 g/mol. The number of hydrogen-bond acceptors (Lipinski definition) is 3. The maximum Gasteiger partial charge on any atom is 0.328 e. The lowest BCUT2D eigenvalue weighted by molar-refractivity contribution is -0.131. The summed E-state index contributed by atoms with van der Waals surface area (Å²) in [7, 11) is 0. The summed E-state index contributed by atoms with van der Waals surface area (Å²) in [4.78, 5) is 16.2. The molecule has 0 unspecified atom stereocenters. The predicted octanol–water partition coefficient (Wildman–Crippen LogP) is 4.88. The van der Waals surface area contributed by atoms with Gasteiger partial charge in [0.05, 0.1) is 11.9 Å². The molecule has 0 radical (unpaired) electrons. The summed E-state index contributed by atoms with van der Waals surface area (Å²) in [6.07, 6.45) is 4.59. The van der Waals surface area contributed by atoms with Crippen LogP contribution in [0.2, 0.25) is 0 Å². The Morgan fingerprint density at radius 1 is 1.04 bits per heavy atom. The monoisotopic (exact) mass is 369 g/mol. The maximum absolute atomic E-state index is 11.3. The number of pyridine rings is 1. The molecule has 138 valence electrons. The summed E-state index contributed by atoms with van der Waals surface area (Å²) in [6, 6.07) is 19.7. The first-order chi connectivity index (χ1) is 13.7. The average Bonchev–Trinajstić information content (AvgIpc) is 3.15. The van der Waals surface area contributed by atoms with Crippen molar-refractivity contribution >= 4 is 23.1 Å². The molecule has 4 rings (SSSR count). The highest BCUT2D eigenvalue weighted by Crippen LogP contribution is 2.37. The van der Waals surface area contributed by atoms with Crippen LogP contribution in [0.1, 0.15) is 12.5 Å². The van der Waals surface area contributed by atoms with Gasteiger partial charge in [0.25, 0.3) is 0 Å². The summed E-state index contributed by atoms with van der Waals surface area (Å²) in [5.41, 5.74) is 5.14. The number of rotatable bonds is 5. The SMILES string of the molecule is CCn1ncc2c(-c3ccccc3)c(/C=C/C(=O)O)c(-c3ccccc3)nc21. The molecule has 5 nitrogen and oxygen atoms in total. The zero-order valence-corrected chi connectivity index (χ0v) is 15.4. The minimum atomic E-state index is -0.998. The first-order valence-corrected chi connectivity index (χ1v) is 9.10. The van der Waals surface area contributed by atoms with Crippen LogP contribution in [-0.4, -0.2) is 25.8 Å². The zero-order valence-electron chi connectivity index (χ0n) is 15.4. The quantitative estimate of drug-likeness (QED) is 0.509. The molecule has 0 saturated carbocycles. The van der Waals surface area contributed by atoms with Gasteiger partial charge in [0.1, 0.15) is 0 Å². The summed E-state index contributed by atoms with van der Waals surface area (Å²) in [5, 5.41) is 14.6. The van der Waals surface area contributed by atoms with Crippen LogP contribution in [0.5, 0.6) is 0 Å². The largest absolute Gasteiger partial charge is 0.478 e. The van der Waals surface area contributed by atoms with Crippen molar-refractivity contribution in [2.45, 2.75) is 13.5 Å². The normalized spacial score (nSPS) is 11.3. The van der Waals surface area contributed by atoms with Crippen LogP contribution in [0.25, 0.3) is 39.5 Å². The van der Waals surface area contributed by atoms with Gasteiger partial charge in [0.2, 0.25) is 0 Å². The number of carboxylic acids is 1. The van der Waals surface area contributed by atoms with Gasteiger partial charge < -0.3 is 5.11 Å². The summed E-state index contributed by atoms with van der Waals surface area (Å²) >= 11 is 0. The van der Waals surface area contributed by atoms with Crippen molar-refractivity contribution < 1.29 is 9.90 Å². The minimum absolute atomic E-state index is 0.698. The van der Waals surface area contributed by atoms with E-state index in [4.69, 9.17) is 4.98 Å². The van der Waals surface area contributed by atoms with Crippen molar-refractivity contribution in [2.75, 3.05) is 0 Å². The van der Waals surface area contributed by atoms with Crippen molar-refractivity contribution in [3.63, 3.8) is 0 Å². The van der Waals surface area contributed by atoms with E-state index in [-0.39, 0.29) is 0 Å². The standard InChI is InChI=1S/C23H19N3O2/c1-2-26-23-19(15-24-26)21(16-9-5-3-6-10-16)18(13-14-20(27)28)22(25-23)17-11-7-4-8-12-17/h3-15H,2H2,1H3,(H,27,28)/b14-13+. The molecule has 2 aromatic heterocycles. The number of carboxylic acid groups (broad SMARTS) is 1. The second kappa shape index (κ2) is 7.48. The first kappa shape index (κ1) is 17.7. The topological polar surface area (TPSA) is 68.0 Å². The van der Waals surface area contributed by atoms with Crippen LogP contribution in [0, 0.1) is 0 Å². The molecule has 2 aromatic carbocycles. The Balaban J connectivity index is 2.14. The van der Waals surface area contributed by atoms with Crippen molar-refractivity contribution in [3.8, 4) is 22.4 Å². The molecule has 2 heterocycles. The molecular weight excluding hydrogens is 350 g/mol. The van der Waals surface area contributed by atoms with Gasteiger partial charge in [-0.05, 0) is 18.6 Å². The second-order valence-corrected chi connectivity index (χ2v) is 6.35. The lowest BCUT2D eigenvalue weighted by Crippen LogP contribution is -2.01. The van der Waals surface area contributed by atoms with Gasteiger partial charge in [-0.25, -0.2) is 14.5 Å². The zero-order chi connectivity index (χ0) is 19.5. The predicted molar refractivity (Wildman–Crippen MR) is 111 cm³/mol. The molecule has 0 saturated heterocycles. The van der Waals surface area contributed by atoms with E-state index >= 15 is 0 Å². The van der Waals surface area contributed by atoms with E-state index < -0.39 is 5.97 Å². The van der Waals surface area contributed by atoms with Crippen LogP contribution >= 0.6 is 0 Å². The van der Waals surface area contributed by atoms with Gasteiger partial charge >= 0.3 is 5.97 Å². The van der Waals surface area contributed by atoms with Crippen molar-refractivity contribution in [1.82, 2.24) is 14.8 Å². The van der Waals surface area contributed by atoms with Gasteiger partial charge in [-0.2, -0.15) is 5.10 Å². The third kappa shape index (κ3) is 3.18. The molecule has 0 atom stereocenters. The smallest absolute Gasteiger partial charge is 0.328 e. The van der Waals surface area contributed by atoms with Crippen LogP contribution < -0.4 is 0 Å². The van der Waals surface area contributed by atoms with Gasteiger partial charge in [-0.3, -0.25) is 0 Å². The van der Waals surface area contributed by atoms with E-state index in [9.17, 15) is 9.90 Å². The molecule has 1 N–H and O–H groups in total. The van der Waals surface area contributed by atoms with Gasteiger partial charge in [0.15, 0.2) is 5.65 Å². The first-order valence-electron chi connectivity index (χ1n) is 9.10. The molecule has 0 spiro atoms. The van der Waals surface area contributed by atoms with Gasteiger partial charge in [0, 0.05) is 34.7 Å². The Morgan fingerprint density at radius 3 is 2.29 bits per heavy atom. The molecule has 0 aliphatic heterocycles. The van der Waals surface area contributed by atoms with Crippen LogP contribution in [0.15, 0.2) is 72.9 Å². The van der Waals surface area contributed by atoms with E-state index in [2.05, 4.69) is 5.10 Å². The third-order valence-electron chi connectivity index (χ3n) is 4.62. The molecule has 4 aromatic rings. The van der Waals surface area contributed by atoms with E-state index in [1.807, 2.05) is 72.3 Å². The molecule has 0 bridgehead atoms. The highest BCUT2D eigenvalue weighted by Gasteiger charge is 2.19. The van der Waals surface area contributed by atoms with Crippen molar-refractivity contribution in [1.29, 1.82) is 0 Å². The lowest BCUT2D eigenvalue weighted by Gasteiger charge is -2.14. The molecule has 0 aliphatic carbocycles. The number of hydrogen-bond donors (Lipinski definition) is 1. The number of aryl methyl sites for hydroxylation is 1. The Bertz CT molecular complexity index is 1160. The molecule has 0 aliphatic rings. The second-order valence-electron chi connectivity index (χ2n) is 6.35. The number of aromatic nitrogens is 3. The van der Waals surface area contributed by atoms with E-state index in [0.29, 0.717) is 6.54 Å². The van der Waals surface area contributed by atoms with Crippen molar-refractivity contribution in [3.05, 3.63) is 78.5 Å². The molecule has 0 amide bonds. The van der Waals surface area contributed by atoms with Gasteiger partial charge in [-0.1, -0.05) is 60.7 Å². The maximum atomic E-state index is 11.3. The van der Waals surface area contributed by atoms with E-state index in [1.165, 1.54) is 0 Å². The Kier molecular flexibility index (Phi) is 4.72. The molecule has 28 heavy (non-hydrogen) atoms. The number of fused-ring (bicyclic) bond motifs is 1. The molecule has 5 heteroatoms. The third-order valence-corrected chi connectivity index (χ3v) is 4.62. The van der Waals surface area contributed by atoms with Crippen LogP contribution in [0.4, 0.5) is 0 Å². The number of nitrogens with zero attached hydrogens (tertiary/aromatic N) is 3. The Hall–Kier alpha value is -3.73. The summed E-state index contributed by atoms with van der Waals surface area (Å²) < 4.78 is 1.86. The molecular formula is C23H19N3O2. The van der Waals surface area contributed by atoms with E-state index in [0.717, 1.165) is 45.1 Å². The van der Waals surface area contributed by atoms with Crippen LogP contribution in [0.3, 0.4) is 0 Å². The van der Waals surface area contributed by atoms with E-state index in [1.54, 1.807) is 12.3 Å². The lowest BCUT2D eigenvalue weighted by atomic mass is 9.93. The molecule has 0 fully saturated rings. The number of benzene rings is 2. The fourth-order valence-electron chi connectivity index (χ4n) is 3.38. The van der Waals surface area contributed by atoms with Crippen molar-refractivity contribution in [2.24, 2.45) is 0 Å². The highest BCUT2D eigenvalue weighted by atomic mass is 16.4. The fraction of sp³-hybridized carbons (Fsp3) is 0.0870. The number of carbonyl (C=O) groups is 1. The minimum Gasteiger partial charge on any atom is -0.478 e.